The molecule has 0 amide bonds. The number of nitrogens with zero attached hydrogens (tertiary/aromatic N) is 1. The predicted octanol–water partition coefficient (Wildman–Crippen LogP) is 5.29. The number of halogens is 1. The van der Waals surface area contributed by atoms with Crippen molar-refractivity contribution in [2.24, 2.45) is 0 Å². The minimum atomic E-state index is -0.426. The van der Waals surface area contributed by atoms with Crippen molar-refractivity contribution in [3.8, 4) is 11.5 Å². The Balaban J connectivity index is 1.85. The van der Waals surface area contributed by atoms with Gasteiger partial charge in [-0.1, -0.05) is 37.6 Å². The zero-order valence-corrected chi connectivity index (χ0v) is 15.2. The molecule has 0 spiro atoms. The summed E-state index contributed by atoms with van der Waals surface area (Å²) in [5.74, 6) is 1.49. The van der Waals surface area contributed by atoms with E-state index in [0.29, 0.717) is 5.02 Å². The Hall–Kier alpha value is -1.55. The van der Waals surface area contributed by atoms with Crippen LogP contribution < -0.4 is 4.74 Å². The van der Waals surface area contributed by atoms with Gasteiger partial charge in [-0.15, -0.1) is 0 Å². The molecule has 0 fully saturated rings. The van der Waals surface area contributed by atoms with E-state index in [2.05, 4.69) is 18.7 Å². The molecule has 1 unspecified atom stereocenters. The number of rotatable bonds is 9. The second-order valence-electron chi connectivity index (χ2n) is 5.81. The van der Waals surface area contributed by atoms with Crippen LogP contribution in [0.25, 0.3) is 0 Å². The number of aliphatic hydroxyl groups is 1. The molecule has 0 bridgehead atoms. The lowest BCUT2D eigenvalue weighted by atomic mass is 10.0. The smallest absolute Gasteiger partial charge is 0.127 e. The third-order valence-corrected chi connectivity index (χ3v) is 4.41. The van der Waals surface area contributed by atoms with Gasteiger partial charge in [0.25, 0.3) is 0 Å². The van der Waals surface area contributed by atoms with Crippen LogP contribution in [-0.4, -0.2) is 29.6 Å². The average Bonchev–Trinajstić information content (AvgIpc) is 2.61. The topological polar surface area (TPSA) is 32.7 Å². The summed E-state index contributed by atoms with van der Waals surface area (Å²) >= 11 is 5.86. The minimum absolute atomic E-state index is 0.426. The van der Waals surface area contributed by atoms with Gasteiger partial charge in [-0.25, -0.2) is 0 Å². The van der Waals surface area contributed by atoms with Gasteiger partial charge in [0.05, 0.1) is 6.10 Å². The van der Waals surface area contributed by atoms with E-state index in [1.807, 2.05) is 36.4 Å². The lowest BCUT2D eigenvalue weighted by Crippen LogP contribution is -2.24. The summed E-state index contributed by atoms with van der Waals surface area (Å²) < 4.78 is 5.76. The van der Waals surface area contributed by atoms with Crippen molar-refractivity contribution in [2.75, 3.05) is 19.6 Å². The minimum Gasteiger partial charge on any atom is -0.457 e. The standard InChI is InChI=1S/C20H26ClNO2/c1-3-22(4-2)15-5-6-20(23)16-7-11-18(12-8-16)24-19-13-9-17(21)10-14-19/h7-14,20,23H,3-6,15H2,1-2H3. The van der Waals surface area contributed by atoms with Crippen LogP contribution in [0.1, 0.15) is 38.4 Å². The molecule has 0 heterocycles. The quantitative estimate of drug-likeness (QED) is 0.669. The van der Waals surface area contributed by atoms with Gasteiger partial charge in [0.15, 0.2) is 0 Å². The highest BCUT2D eigenvalue weighted by atomic mass is 35.5. The highest BCUT2D eigenvalue weighted by Gasteiger charge is 2.09. The average molecular weight is 348 g/mol. The Morgan fingerprint density at radius 3 is 2.04 bits per heavy atom. The molecule has 0 saturated carbocycles. The van der Waals surface area contributed by atoms with Crippen molar-refractivity contribution < 1.29 is 9.84 Å². The summed E-state index contributed by atoms with van der Waals surface area (Å²) in [6, 6.07) is 14.9. The van der Waals surface area contributed by atoms with Crippen molar-refractivity contribution in [2.45, 2.75) is 32.8 Å². The van der Waals surface area contributed by atoms with E-state index >= 15 is 0 Å². The normalized spacial score (nSPS) is 12.4. The molecule has 130 valence electrons. The molecular formula is C20H26ClNO2. The SMILES string of the molecule is CCN(CC)CCCC(O)c1ccc(Oc2ccc(Cl)cc2)cc1. The van der Waals surface area contributed by atoms with E-state index in [9.17, 15) is 5.11 Å². The van der Waals surface area contributed by atoms with Crippen molar-refractivity contribution in [1.29, 1.82) is 0 Å². The molecule has 0 aliphatic heterocycles. The molecular weight excluding hydrogens is 322 g/mol. The van der Waals surface area contributed by atoms with Crippen LogP contribution in [0.4, 0.5) is 0 Å². The molecule has 2 rings (SSSR count). The van der Waals surface area contributed by atoms with E-state index in [-0.39, 0.29) is 0 Å². The lowest BCUT2D eigenvalue weighted by Gasteiger charge is -2.19. The Labute approximate surface area is 149 Å². The molecule has 0 aliphatic carbocycles. The second-order valence-corrected chi connectivity index (χ2v) is 6.25. The number of aliphatic hydroxyl groups excluding tert-OH is 1. The third-order valence-electron chi connectivity index (χ3n) is 4.16. The van der Waals surface area contributed by atoms with Gasteiger partial charge in [0, 0.05) is 5.02 Å². The molecule has 4 heteroatoms. The molecule has 1 atom stereocenters. The lowest BCUT2D eigenvalue weighted by molar-refractivity contribution is 0.156. The van der Waals surface area contributed by atoms with Gasteiger partial charge < -0.3 is 14.7 Å². The van der Waals surface area contributed by atoms with Gasteiger partial charge in [-0.2, -0.15) is 0 Å². The Morgan fingerprint density at radius 2 is 1.50 bits per heavy atom. The first-order valence-electron chi connectivity index (χ1n) is 8.56. The summed E-state index contributed by atoms with van der Waals surface area (Å²) in [4.78, 5) is 2.37. The van der Waals surface area contributed by atoms with E-state index in [4.69, 9.17) is 16.3 Å². The van der Waals surface area contributed by atoms with Crippen LogP contribution in [0, 0.1) is 0 Å². The van der Waals surface area contributed by atoms with Gasteiger partial charge in [0.2, 0.25) is 0 Å². The van der Waals surface area contributed by atoms with Gasteiger partial charge in [-0.05, 0) is 74.4 Å². The fourth-order valence-corrected chi connectivity index (χ4v) is 2.74. The van der Waals surface area contributed by atoms with E-state index in [1.165, 1.54) is 0 Å². The fraction of sp³-hybridized carbons (Fsp3) is 0.400. The van der Waals surface area contributed by atoms with E-state index in [1.54, 1.807) is 12.1 Å². The molecule has 1 N–H and O–H groups in total. The van der Waals surface area contributed by atoms with Gasteiger partial charge in [-0.3, -0.25) is 0 Å². The van der Waals surface area contributed by atoms with Gasteiger partial charge in [0.1, 0.15) is 11.5 Å². The second kappa shape index (κ2) is 9.67. The highest BCUT2D eigenvalue weighted by molar-refractivity contribution is 6.30. The summed E-state index contributed by atoms with van der Waals surface area (Å²) in [6.07, 6.45) is 1.34. The number of hydrogen-bond acceptors (Lipinski definition) is 3. The first kappa shape index (κ1) is 18.8. The number of benzene rings is 2. The Bertz CT molecular complexity index is 594. The van der Waals surface area contributed by atoms with Crippen molar-refractivity contribution in [3.63, 3.8) is 0 Å². The van der Waals surface area contributed by atoms with Crippen LogP contribution in [0.3, 0.4) is 0 Å². The molecule has 24 heavy (non-hydrogen) atoms. The molecule has 2 aromatic carbocycles. The highest BCUT2D eigenvalue weighted by Crippen LogP contribution is 2.26. The van der Waals surface area contributed by atoms with Crippen molar-refractivity contribution in [3.05, 3.63) is 59.1 Å². The zero-order valence-electron chi connectivity index (χ0n) is 14.4. The maximum atomic E-state index is 10.3. The zero-order chi connectivity index (χ0) is 17.4. The van der Waals surface area contributed by atoms with Crippen LogP contribution in [-0.2, 0) is 0 Å². The van der Waals surface area contributed by atoms with Crippen LogP contribution >= 0.6 is 11.6 Å². The monoisotopic (exact) mass is 347 g/mol. The van der Waals surface area contributed by atoms with Gasteiger partial charge >= 0.3 is 0 Å². The Kier molecular flexibility index (Phi) is 7.57. The maximum absolute atomic E-state index is 10.3. The summed E-state index contributed by atoms with van der Waals surface area (Å²) in [7, 11) is 0. The predicted molar refractivity (Wildman–Crippen MR) is 99.9 cm³/mol. The summed E-state index contributed by atoms with van der Waals surface area (Å²) in [5.41, 5.74) is 0.929. The maximum Gasteiger partial charge on any atom is 0.127 e. The fourth-order valence-electron chi connectivity index (χ4n) is 2.61. The molecule has 0 aromatic heterocycles. The molecule has 0 radical (unpaired) electrons. The van der Waals surface area contributed by atoms with Crippen molar-refractivity contribution in [1.82, 2.24) is 4.90 Å². The number of hydrogen-bond donors (Lipinski definition) is 1. The largest absolute Gasteiger partial charge is 0.457 e. The summed E-state index contributed by atoms with van der Waals surface area (Å²) in [5, 5.41) is 11.0. The molecule has 3 nitrogen and oxygen atoms in total. The van der Waals surface area contributed by atoms with Crippen LogP contribution in [0.15, 0.2) is 48.5 Å². The first-order valence-corrected chi connectivity index (χ1v) is 8.94. The molecule has 0 saturated heterocycles. The van der Waals surface area contributed by atoms with E-state index in [0.717, 1.165) is 49.5 Å². The first-order chi connectivity index (χ1) is 11.6. The number of ether oxygens (including phenoxy) is 1. The molecule has 2 aromatic rings. The van der Waals surface area contributed by atoms with Crippen molar-refractivity contribution >= 4 is 11.6 Å². The molecule has 0 aliphatic rings. The third kappa shape index (κ3) is 5.82. The Morgan fingerprint density at radius 1 is 0.958 bits per heavy atom. The summed E-state index contributed by atoms with van der Waals surface area (Å²) in [6.45, 7) is 7.48. The van der Waals surface area contributed by atoms with Crippen LogP contribution in [0.2, 0.25) is 5.02 Å². The van der Waals surface area contributed by atoms with Crippen LogP contribution in [0.5, 0.6) is 11.5 Å². The van der Waals surface area contributed by atoms with E-state index < -0.39 is 6.10 Å².